The van der Waals surface area contributed by atoms with E-state index in [1.807, 2.05) is 36.4 Å². The second-order valence-corrected chi connectivity index (χ2v) is 12.1. The van der Waals surface area contributed by atoms with Crippen LogP contribution in [0.3, 0.4) is 0 Å². The lowest BCUT2D eigenvalue weighted by atomic mass is 10.0. The minimum absolute atomic E-state index is 0.645. The summed E-state index contributed by atoms with van der Waals surface area (Å²) in [6.07, 6.45) is 0. The van der Waals surface area contributed by atoms with Gasteiger partial charge in [-0.25, -0.2) is 15.0 Å². The molecule has 1 aliphatic carbocycles. The standard InChI is InChI=1S/C43H26N4/c1-3-10-27(11-4-1)31-15-7-16-32(26-31)43-45-41(29-12-5-2-6-13-29)44-42(46-43)30-20-23-33(24-21-30)47-36-19-9-18-35-34-17-8-14-28-22-25-37(47)40(38(28)34)39(35)36/h1-26H. The molecule has 0 aliphatic heterocycles. The van der Waals surface area contributed by atoms with Gasteiger partial charge in [-0.3, -0.25) is 0 Å². The number of aromatic nitrogens is 4. The van der Waals surface area contributed by atoms with Crippen molar-refractivity contribution in [3.05, 3.63) is 158 Å². The third kappa shape index (κ3) is 3.98. The summed E-state index contributed by atoms with van der Waals surface area (Å²) in [5.74, 6) is 1.95. The van der Waals surface area contributed by atoms with Crippen LogP contribution in [0.25, 0.3) is 94.7 Å². The average Bonchev–Trinajstić information content (AvgIpc) is 3.68. The molecule has 0 saturated carbocycles. The Hall–Kier alpha value is -6.39. The van der Waals surface area contributed by atoms with E-state index in [2.05, 4.69) is 126 Å². The van der Waals surface area contributed by atoms with Crippen LogP contribution in [0, 0.1) is 0 Å². The SMILES string of the molecule is c1ccc(-c2cccc(-c3nc(-c4ccccc4)nc(-c4ccc(-n5c6cccc7c6c6c8c-7cccc8ccc65)cc4)n3)c2)cc1. The molecule has 0 N–H and O–H groups in total. The van der Waals surface area contributed by atoms with Crippen LogP contribution in [0.1, 0.15) is 0 Å². The summed E-state index contributed by atoms with van der Waals surface area (Å²) >= 11 is 0. The predicted octanol–water partition coefficient (Wildman–Crippen LogP) is 10.8. The fourth-order valence-electron chi connectivity index (χ4n) is 7.23. The molecule has 4 heteroatoms. The fourth-order valence-corrected chi connectivity index (χ4v) is 7.23. The summed E-state index contributed by atoms with van der Waals surface area (Å²) < 4.78 is 2.39. The van der Waals surface area contributed by atoms with Gasteiger partial charge in [-0.15, -0.1) is 0 Å². The minimum atomic E-state index is 0.645. The van der Waals surface area contributed by atoms with Crippen LogP contribution in [0.4, 0.5) is 0 Å². The lowest BCUT2D eigenvalue weighted by Crippen LogP contribution is -2.01. The van der Waals surface area contributed by atoms with Gasteiger partial charge in [-0.2, -0.15) is 0 Å². The number of fused-ring (bicyclic) bond motifs is 1. The van der Waals surface area contributed by atoms with E-state index in [0.717, 1.165) is 33.5 Å². The number of rotatable bonds is 5. The van der Waals surface area contributed by atoms with Crippen molar-refractivity contribution in [1.82, 2.24) is 19.5 Å². The van der Waals surface area contributed by atoms with Gasteiger partial charge >= 0.3 is 0 Å². The quantitative estimate of drug-likeness (QED) is 0.198. The van der Waals surface area contributed by atoms with Gasteiger partial charge in [0.15, 0.2) is 17.5 Å². The van der Waals surface area contributed by atoms with Crippen LogP contribution >= 0.6 is 0 Å². The van der Waals surface area contributed by atoms with Crippen LogP contribution in [-0.2, 0) is 0 Å². The van der Waals surface area contributed by atoms with E-state index in [1.165, 1.54) is 43.7 Å². The summed E-state index contributed by atoms with van der Waals surface area (Å²) in [6.45, 7) is 0. The van der Waals surface area contributed by atoms with Crippen molar-refractivity contribution in [1.29, 1.82) is 0 Å². The Balaban J connectivity index is 1.11. The highest BCUT2D eigenvalue weighted by molar-refractivity contribution is 6.33. The zero-order valence-electron chi connectivity index (χ0n) is 25.3. The Morgan fingerprint density at radius 3 is 1.64 bits per heavy atom. The maximum absolute atomic E-state index is 5.04. The molecule has 0 bridgehead atoms. The fraction of sp³-hybridized carbons (Fsp3) is 0. The second-order valence-electron chi connectivity index (χ2n) is 12.1. The third-order valence-corrected chi connectivity index (χ3v) is 9.37. The van der Waals surface area contributed by atoms with E-state index in [0.29, 0.717) is 17.5 Å². The van der Waals surface area contributed by atoms with Crippen molar-refractivity contribution in [3.63, 3.8) is 0 Å². The summed E-state index contributed by atoms with van der Waals surface area (Å²) in [4.78, 5) is 15.0. The molecule has 2 heterocycles. The molecular formula is C43H26N4. The maximum Gasteiger partial charge on any atom is 0.164 e. The molecule has 0 spiro atoms. The maximum atomic E-state index is 5.04. The van der Waals surface area contributed by atoms with E-state index < -0.39 is 0 Å². The molecule has 0 saturated heterocycles. The first-order chi connectivity index (χ1) is 23.3. The monoisotopic (exact) mass is 598 g/mol. The normalized spacial score (nSPS) is 11.8. The van der Waals surface area contributed by atoms with Crippen molar-refractivity contribution in [2.75, 3.05) is 0 Å². The molecule has 0 atom stereocenters. The number of benzene rings is 7. The highest BCUT2D eigenvalue weighted by Crippen LogP contribution is 2.49. The summed E-state index contributed by atoms with van der Waals surface area (Å²) in [5, 5.41) is 5.33. The van der Waals surface area contributed by atoms with E-state index in [-0.39, 0.29) is 0 Å². The Morgan fingerprint density at radius 2 is 0.894 bits per heavy atom. The Morgan fingerprint density at radius 1 is 0.340 bits per heavy atom. The lowest BCUT2D eigenvalue weighted by Gasteiger charge is -2.12. The van der Waals surface area contributed by atoms with Gasteiger partial charge < -0.3 is 4.57 Å². The van der Waals surface area contributed by atoms with E-state index >= 15 is 0 Å². The molecular weight excluding hydrogens is 573 g/mol. The van der Waals surface area contributed by atoms with Crippen molar-refractivity contribution in [2.45, 2.75) is 0 Å². The largest absolute Gasteiger partial charge is 0.309 e. The van der Waals surface area contributed by atoms with E-state index in [4.69, 9.17) is 15.0 Å². The van der Waals surface area contributed by atoms with Gasteiger partial charge in [-0.05, 0) is 75.5 Å². The molecule has 2 aromatic heterocycles. The van der Waals surface area contributed by atoms with Gasteiger partial charge in [-0.1, -0.05) is 115 Å². The molecule has 0 radical (unpaired) electrons. The molecule has 0 fully saturated rings. The molecule has 0 unspecified atom stereocenters. The molecule has 4 nitrogen and oxygen atoms in total. The lowest BCUT2D eigenvalue weighted by molar-refractivity contribution is 1.07. The zero-order chi connectivity index (χ0) is 30.9. The Kier molecular flexibility index (Phi) is 5.54. The summed E-state index contributed by atoms with van der Waals surface area (Å²) in [6, 6.07) is 55.4. The second kappa shape index (κ2) is 10.1. The summed E-state index contributed by atoms with van der Waals surface area (Å²) in [7, 11) is 0. The molecule has 47 heavy (non-hydrogen) atoms. The molecule has 0 amide bonds. The molecule has 7 aromatic carbocycles. The number of hydrogen-bond donors (Lipinski definition) is 0. The first-order valence-corrected chi connectivity index (χ1v) is 15.9. The van der Waals surface area contributed by atoms with E-state index in [1.54, 1.807) is 0 Å². The van der Waals surface area contributed by atoms with Crippen LogP contribution in [0.5, 0.6) is 0 Å². The van der Waals surface area contributed by atoms with E-state index in [9.17, 15) is 0 Å². The predicted molar refractivity (Wildman–Crippen MR) is 192 cm³/mol. The number of hydrogen-bond acceptors (Lipinski definition) is 3. The molecule has 1 aliphatic rings. The van der Waals surface area contributed by atoms with Gasteiger partial charge in [0.05, 0.1) is 11.0 Å². The van der Waals surface area contributed by atoms with Crippen molar-refractivity contribution in [2.24, 2.45) is 0 Å². The van der Waals surface area contributed by atoms with Crippen molar-refractivity contribution < 1.29 is 0 Å². The van der Waals surface area contributed by atoms with Gasteiger partial charge in [0, 0.05) is 33.2 Å². The van der Waals surface area contributed by atoms with Crippen LogP contribution in [-0.4, -0.2) is 19.5 Å². The smallest absolute Gasteiger partial charge is 0.164 e. The van der Waals surface area contributed by atoms with Crippen LogP contribution < -0.4 is 0 Å². The van der Waals surface area contributed by atoms with Gasteiger partial charge in [0.2, 0.25) is 0 Å². The van der Waals surface area contributed by atoms with Crippen molar-refractivity contribution >= 4 is 32.6 Å². The van der Waals surface area contributed by atoms with Crippen molar-refractivity contribution in [3.8, 4) is 62.1 Å². The van der Waals surface area contributed by atoms with Crippen LogP contribution in [0.15, 0.2) is 158 Å². The number of nitrogens with zero attached hydrogens (tertiary/aromatic N) is 4. The van der Waals surface area contributed by atoms with Gasteiger partial charge in [0.1, 0.15) is 0 Å². The molecule has 218 valence electrons. The molecule has 9 aromatic rings. The zero-order valence-corrected chi connectivity index (χ0v) is 25.3. The molecule has 10 rings (SSSR count). The first-order valence-electron chi connectivity index (χ1n) is 15.9. The Bertz CT molecular complexity index is 2660. The highest BCUT2D eigenvalue weighted by Gasteiger charge is 2.24. The summed E-state index contributed by atoms with van der Waals surface area (Å²) in [5.41, 5.74) is 11.3. The van der Waals surface area contributed by atoms with Gasteiger partial charge in [0.25, 0.3) is 0 Å². The Labute approximate surface area is 271 Å². The minimum Gasteiger partial charge on any atom is -0.309 e. The third-order valence-electron chi connectivity index (χ3n) is 9.37. The highest BCUT2D eigenvalue weighted by atomic mass is 15.0. The van der Waals surface area contributed by atoms with Crippen LogP contribution in [0.2, 0.25) is 0 Å². The first kappa shape index (κ1) is 25.9. The average molecular weight is 599 g/mol. The topological polar surface area (TPSA) is 43.6 Å².